The Morgan fingerprint density at radius 1 is 1.05 bits per heavy atom. The van der Waals surface area contributed by atoms with Crippen molar-refractivity contribution in [2.75, 3.05) is 26.3 Å². The second-order valence-corrected chi connectivity index (χ2v) is 4.88. The van der Waals surface area contributed by atoms with E-state index < -0.39 is 0 Å². The molecule has 2 aromatic rings. The molecule has 1 aromatic carbocycles. The molecule has 1 saturated heterocycles. The molecule has 20 heavy (non-hydrogen) atoms. The Morgan fingerprint density at radius 3 is 2.55 bits per heavy atom. The second kappa shape index (κ2) is 5.92. The van der Waals surface area contributed by atoms with Crippen molar-refractivity contribution in [3.8, 4) is 5.69 Å². The van der Waals surface area contributed by atoms with Crippen LogP contribution in [-0.2, 0) is 16.0 Å². The molecule has 0 atom stereocenters. The lowest BCUT2D eigenvalue weighted by Crippen LogP contribution is -2.41. The third-order valence-corrected chi connectivity index (χ3v) is 3.56. The topological polar surface area (TPSA) is 34.5 Å². The van der Waals surface area contributed by atoms with Crippen LogP contribution in [0.4, 0.5) is 0 Å². The molecule has 0 bridgehead atoms. The van der Waals surface area contributed by atoms with E-state index in [0.717, 1.165) is 11.4 Å². The van der Waals surface area contributed by atoms with Crippen molar-refractivity contribution < 1.29 is 9.53 Å². The van der Waals surface area contributed by atoms with Gasteiger partial charge in [-0.3, -0.25) is 4.79 Å². The Labute approximate surface area is 118 Å². The lowest BCUT2D eigenvalue weighted by molar-refractivity contribution is -0.134. The van der Waals surface area contributed by atoms with Crippen LogP contribution in [0, 0.1) is 0 Å². The molecule has 0 unspecified atom stereocenters. The first-order valence-electron chi connectivity index (χ1n) is 6.92. The van der Waals surface area contributed by atoms with Crippen LogP contribution in [0.25, 0.3) is 5.69 Å². The fourth-order valence-corrected chi connectivity index (χ4v) is 2.48. The first kappa shape index (κ1) is 12.9. The summed E-state index contributed by atoms with van der Waals surface area (Å²) in [7, 11) is 0. The van der Waals surface area contributed by atoms with Gasteiger partial charge in [0.05, 0.1) is 19.6 Å². The summed E-state index contributed by atoms with van der Waals surface area (Å²) >= 11 is 0. The largest absolute Gasteiger partial charge is 0.378 e. The van der Waals surface area contributed by atoms with Crippen LogP contribution < -0.4 is 0 Å². The van der Waals surface area contributed by atoms with E-state index in [2.05, 4.69) is 4.57 Å². The molecular formula is C16H18N2O2. The van der Waals surface area contributed by atoms with Crippen LogP contribution in [0.1, 0.15) is 5.69 Å². The molecule has 4 nitrogen and oxygen atoms in total. The van der Waals surface area contributed by atoms with Crippen LogP contribution in [0.15, 0.2) is 48.7 Å². The van der Waals surface area contributed by atoms with Crippen LogP contribution in [0.3, 0.4) is 0 Å². The molecular weight excluding hydrogens is 252 g/mol. The van der Waals surface area contributed by atoms with Gasteiger partial charge in [-0.1, -0.05) is 18.2 Å². The minimum atomic E-state index is 0.171. The number of carbonyl (C=O) groups is 1. The van der Waals surface area contributed by atoms with E-state index in [9.17, 15) is 4.79 Å². The average molecular weight is 270 g/mol. The molecule has 4 heteroatoms. The number of hydrogen-bond acceptors (Lipinski definition) is 2. The highest BCUT2D eigenvalue weighted by Crippen LogP contribution is 2.14. The number of aromatic nitrogens is 1. The van der Waals surface area contributed by atoms with Gasteiger partial charge in [-0.2, -0.15) is 0 Å². The van der Waals surface area contributed by atoms with Crippen molar-refractivity contribution in [3.63, 3.8) is 0 Å². The maximum absolute atomic E-state index is 12.3. The zero-order chi connectivity index (χ0) is 13.8. The van der Waals surface area contributed by atoms with Gasteiger partial charge >= 0.3 is 0 Å². The molecule has 1 fully saturated rings. The summed E-state index contributed by atoms with van der Waals surface area (Å²) in [6, 6.07) is 14.1. The van der Waals surface area contributed by atoms with Crippen molar-refractivity contribution >= 4 is 5.91 Å². The van der Waals surface area contributed by atoms with Crippen LogP contribution in [0.5, 0.6) is 0 Å². The van der Waals surface area contributed by atoms with E-state index in [4.69, 9.17) is 4.74 Å². The lowest BCUT2D eigenvalue weighted by Gasteiger charge is -2.27. The molecule has 1 aromatic heterocycles. The molecule has 0 saturated carbocycles. The third-order valence-electron chi connectivity index (χ3n) is 3.56. The summed E-state index contributed by atoms with van der Waals surface area (Å²) in [6.45, 7) is 2.69. The van der Waals surface area contributed by atoms with Gasteiger partial charge in [0.1, 0.15) is 0 Å². The van der Waals surface area contributed by atoms with Gasteiger partial charge in [-0.25, -0.2) is 0 Å². The molecule has 1 aliphatic heterocycles. The van der Waals surface area contributed by atoms with Crippen LogP contribution >= 0.6 is 0 Å². The van der Waals surface area contributed by atoms with E-state index in [-0.39, 0.29) is 5.91 Å². The summed E-state index contributed by atoms with van der Waals surface area (Å²) in [6.07, 6.45) is 2.43. The molecule has 2 heterocycles. The summed E-state index contributed by atoms with van der Waals surface area (Å²) < 4.78 is 7.35. The number of hydrogen-bond donors (Lipinski definition) is 0. The average Bonchev–Trinajstić information content (AvgIpc) is 2.97. The molecule has 0 radical (unpaired) electrons. The van der Waals surface area contributed by atoms with E-state index in [1.54, 1.807) is 0 Å². The van der Waals surface area contributed by atoms with Gasteiger partial charge in [0.2, 0.25) is 5.91 Å². The summed E-state index contributed by atoms with van der Waals surface area (Å²) in [5, 5.41) is 0. The van der Waals surface area contributed by atoms with Crippen molar-refractivity contribution in [1.82, 2.24) is 9.47 Å². The maximum Gasteiger partial charge on any atom is 0.228 e. The summed E-state index contributed by atoms with van der Waals surface area (Å²) in [4.78, 5) is 14.2. The molecule has 0 aliphatic carbocycles. The van der Waals surface area contributed by atoms with Crippen LogP contribution in [0.2, 0.25) is 0 Å². The first-order chi connectivity index (χ1) is 9.84. The Hall–Kier alpha value is -2.07. The Bertz CT molecular complexity index is 571. The monoisotopic (exact) mass is 270 g/mol. The fourth-order valence-electron chi connectivity index (χ4n) is 2.48. The van der Waals surface area contributed by atoms with Gasteiger partial charge in [0.15, 0.2) is 0 Å². The quantitative estimate of drug-likeness (QED) is 0.853. The highest BCUT2D eigenvalue weighted by Gasteiger charge is 2.18. The second-order valence-electron chi connectivity index (χ2n) is 4.88. The summed E-state index contributed by atoms with van der Waals surface area (Å²) in [5.41, 5.74) is 2.11. The first-order valence-corrected chi connectivity index (χ1v) is 6.92. The normalized spacial score (nSPS) is 15.3. The zero-order valence-electron chi connectivity index (χ0n) is 11.4. The molecule has 0 N–H and O–H groups in total. The van der Waals surface area contributed by atoms with Gasteiger partial charge in [0, 0.05) is 30.7 Å². The van der Waals surface area contributed by atoms with E-state index in [1.165, 1.54) is 0 Å². The Morgan fingerprint density at radius 2 is 1.80 bits per heavy atom. The van der Waals surface area contributed by atoms with Crippen molar-refractivity contribution in [2.45, 2.75) is 6.42 Å². The minimum absolute atomic E-state index is 0.171. The minimum Gasteiger partial charge on any atom is -0.378 e. The highest BCUT2D eigenvalue weighted by atomic mass is 16.5. The fraction of sp³-hybridized carbons (Fsp3) is 0.312. The van der Waals surface area contributed by atoms with E-state index in [0.29, 0.717) is 32.7 Å². The number of rotatable bonds is 3. The Balaban J connectivity index is 1.75. The smallest absolute Gasteiger partial charge is 0.228 e. The molecule has 1 amide bonds. The number of amides is 1. The highest BCUT2D eigenvalue weighted by molar-refractivity contribution is 5.78. The number of para-hydroxylation sites is 1. The molecule has 104 valence electrons. The van der Waals surface area contributed by atoms with E-state index >= 15 is 0 Å². The molecule has 1 aliphatic rings. The van der Waals surface area contributed by atoms with E-state index in [1.807, 2.05) is 53.6 Å². The number of morpholine rings is 1. The standard InChI is InChI=1S/C16H18N2O2/c19-16(17-9-11-20-12-10-17)13-15-7-4-8-18(15)14-5-2-1-3-6-14/h1-8H,9-13H2. The predicted octanol–water partition coefficient (Wildman–Crippen LogP) is 1.88. The van der Waals surface area contributed by atoms with Crippen molar-refractivity contribution in [3.05, 3.63) is 54.4 Å². The number of carbonyl (C=O) groups excluding carboxylic acids is 1. The van der Waals surface area contributed by atoms with Crippen LogP contribution in [-0.4, -0.2) is 41.7 Å². The molecule has 3 rings (SSSR count). The Kier molecular flexibility index (Phi) is 3.83. The summed E-state index contributed by atoms with van der Waals surface area (Å²) in [5.74, 6) is 0.171. The van der Waals surface area contributed by atoms with Crippen molar-refractivity contribution in [1.29, 1.82) is 0 Å². The third kappa shape index (κ3) is 2.75. The van der Waals surface area contributed by atoms with Gasteiger partial charge < -0.3 is 14.2 Å². The molecule has 0 spiro atoms. The van der Waals surface area contributed by atoms with Gasteiger partial charge in [0.25, 0.3) is 0 Å². The lowest BCUT2D eigenvalue weighted by atomic mass is 10.2. The number of benzene rings is 1. The number of ether oxygens (including phenoxy) is 1. The maximum atomic E-state index is 12.3. The number of nitrogens with zero attached hydrogens (tertiary/aromatic N) is 2. The van der Waals surface area contributed by atoms with Gasteiger partial charge in [-0.05, 0) is 24.3 Å². The zero-order valence-corrected chi connectivity index (χ0v) is 11.4. The van der Waals surface area contributed by atoms with Gasteiger partial charge in [-0.15, -0.1) is 0 Å². The SMILES string of the molecule is O=C(Cc1cccn1-c1ccccc1)N1CCOCC1. The predicted molar refractivity (Wildman–Crippen MR) is 76.9 cm³/mol. The van der Waals surface area contributed by atoms with Crippen molar-refractivity contribution in [2.24, 2.45) is 0 Å².